The van der Waals surface area contributed by atoms with Gasteiger partial charge in [0.2, 0.25) is 0 Å². The first-order valence-electron chi connectivity index (χ1n) is 9.41. The number of rotatable bonds is 7. The van der Waals surface area contributed by atoms with Gasteiger partial charge in [-0.2, -0.15) is 0 Å². The Bertz CT molecular complexity index is 955. The smallest absolute Gasteiger partial charge is 0.338 e. The molecule has 0 bridgehead atoms. The summed E-state index contributed by atoms with van der Waals surface area (Å²) in [6.45, 7) is 3.53. The van der Waals surface area contributed by atoms with Gasteiger partial charge >= 0.3 is 5.97 Å². The van der Waals surface area contributed by atoms with Gasteiger partial charge in [-0.05, 0) is 37.1 Å². The maximum Gasteiger partial charge on any atom is 0.338 e. The minimum absolute atomic E-state index is 0.0135. The predicted octanol–water partition coefficient (Wildman–Crippen LogP) is 2.55. The van der Waals surface area contributed by atoms with E-state index in [1.54, 1.807) is 0 Å². The van der Waals surface area contributed by atoms with Crippen molar-refractivity contribution >= 4 is 23.7 Å². The van der Waals surface area contributed by atoms with Crippen molar-refractivity contribution in [1.82, 2.24) is 10.2 Å². The van der Waals surface area contributed by atoms with E-state index in [1.807, 2.05) is 44.2 Å². The summed E-state index contributed by atoms with van der Waals surface area (Å²) in [5.41, 5.74) is 1.35. The number of imide groups is 1. The molecule has 1 heterocycles. The van der Waals surface area contributed by atoms with Crippen molar-refractivity contribution in [2.24, 2.45) is 0 Å². The van der Waals surface area contributed by atoms with Crippen LogP contribution in [-0.4, -0.2) is 41.2 Å². The van der Waals surface area contributed by atoms with Gasteiger partial charge in [-0.3, -0.25) is 19.3 Å². The highest BCUT2D eigenvalue weighted by Gasteiger charge is 2.36. The van der Waals surface area contributed by atoms with Crippen molar-refractivity contribution in [3.05, 3.63) is 70.8 Å². The Morgan fingerprint density at radius 3 is 2.41 bits per heavy atom. The summed E-state index contributed by atoms with van der Waals surface area (Å²) in [4.78, 5) is 50.4. The van der Waals surface area contributed by atoms with Gasteiger partial charge in [0.1, 0.15) is 0 Å². The number of fused-ring (bicyclic) bond motifs is 1. The summed E-state index contributed by atoms with van der Waals surface area (Å²) >= 11 is 0. The third kappa shape index (κ3) is 4.51. The molecule has 0 saturated carbocycles. The number of amides is 3. The van der Waals surface area contributed by atoms with Gasteiger partial charge in [0.05, 0.1) is 23.2 Å². The van der Waals surface area contributed by atoms with Crippen molar-refractivity contribution in [3.8, 4) is 0 Å². The Kier molecular flexibility index (Phi) is 6.07. The molecular formula is C22H22N2O5. The lowest BCUT2D eigenvalue weighted by molar-refractivity contribution is -0.124. The number of ether oxygens (including phenoxy) is 1. The van der Waals surface area contributed by atoms with E-state index in [9.17, 15) is 19.2 Å². The van der Waals surface area contributed by atoms with Crippen LogP contribution in [0.4, 0.5) is 0 Å². The molecule has 2 aromatic carbocycles. The molecule has 3 rings (SSSR count). The Balaban J connectivity index is 1.69. The van der Waals surface area contributed by atoms with Crippen LogP contribution in [0.15, 0.2) is 48.5 Å². The lowest BCUT2D eigenvalue weighted by Gasteiger charge is -2.13. The van der Waals surface area contributed by atoms with E-state index < -0.39 is 30.3 Å². The molecule has 0 saturated heterocycles. The zero-order chi connectivity index (χ0) is 21.0. The Labute approximate surface area is 168 Å². The number of nitrogens with zero attached hydrogens (tertiary/aromatic N) is 1. The van der Waals surface area contributed by atoms with E-state index in [0.717, 1.165) is 16.9 Å². The fourth-order valence-corrected chi connectivity index (χ4v) is 2.96. The zero-order valence-corrected chi connectivity index (χ0v) is 16.3. The fraction of sp³-hybridized carbons (Fsp3) is 0.273. The van der Waals surface area contributed by atoms with Gasteiger partial charge < -0.3 is 10.1 Å². The monoisotopic (exact) mass is 394 g/mol. The van der Waals surface area contributed by atoms with Crippen LogP contribution in [0.2, 0.25) is 0 Å². The van der Waals surface area contributed by atoms with Crippen molar-refractivity contribution in [3.63, 3.8) is 0 Å². The summed E-state index contributed by atoms with van der Waals surface area (Å²) in [5, 5.41) is 2.70. The highest BCUT2D eigenvalue weighted by Crippen LogP contribution is 2.26. The van der Waals surface area contributed by atoms with Crippen LogP contribution in [-0.2, 0) is 16.1 Å². The lowest BCUT2D eigenvalue weighted by atomic mass is 10.1. The molecule has 1 aliphatic heterocycles. The molecule has 150 valence electrons. The third-order valence-electron chi connectivity index (χ3n) is 4.74. The van der Waals surface area contributed by atoms with Gasteiger partial charge in [0, 0.05) is 6.04 Å². The van der Waals surface area contributed by atoms with E-state index in [0.29, 0.717) is 0 Å². The van der Waals surface area contributed by atoms with Crippen LogP contribution >= 0.6 is 0 Å². The molecule has 1 N–H and O–H groups in total. The number of carbonyl (C=O) groups is 4. The molecule has 29 heavy (non-hydrogen) atoms. The summed E-state index contributed by atoms with van der Waals surface area (Å²) in [6.07, 6.45) is 0.764. The van der Waals surface area contributed by atoms with Crippen LogP contribution in [0.1, 0.15) is 56.9 Å². The number of esters is 1. The first-order chi connectivity index (χ1) is 13.9. The normalized spacial score (nSPS) is 13.8. The van der Waals surface area contributed by atoms with Crippen molar-refractivity contribution < 1.29 is 23.9 Å². The number of carbonyl (C=O) groups excluding carboxylic acids is 4. The molecule has 1 aliphatic rings. The minimum atomic E-state index is -0.728. The van der Waals surface area contributed by atoms with Gasteiger partial charge in [-0.1, -0.05) is 37.3 Å². The summed E-state index contributed by atoms with van der Waals surface area (Å²) < 4.78 is 5.02. The first kappa shape index (κ1) is 20.3. The van der Waals surface area contributed by atoms with Crippen molar-refractivity contribution in [2.45, 2.75) is 32.9 Å². The molecule has 0 aromatic heterocycles. The molecule has 0 aliphatic carbocycles. The van der Waals surface area contributed by atoms with Gasteiger partial charge in [-0.15, -0.1) is 0 Å². The average molecular weight is 394 g/mol. The van der Waals surface area contributed by atoms with Crippen LogP contribution in [0, 0.1) is 0 Å². The van der Waals surface area contributed by atoms with Gasteiger partial charge in [-0.25, -0.2) is 4.79 Å². The molecule has 2 aromatic rings. The molecule has 0 fully saturated rings. The second-order valence-corrected chi connectivity index (χ2v) is 6.90. The lowest BCUT2D eigenvalue weighted by Crippen LogP contribution is -2.35. The molecule has 0 radical (unpaired) electrons. The molecule has 1 atom stereocenters. The third-order valence-corrected chi connectivity index (χ3v) is 4.74. The molecular weight excluding hydrogens is 372 g/mol. The van der Waals surface area contributed by atoms with E-state index in [-0.39, 0.29) is 29.3 Å². The Morgan fingerprint density at radius 2 is 1.72 bits per heavy atom. The first-order valence-corrected chi connectivity index (χ1v) is 9.41. The predicted molar refractivity (Wildman–Crippen MR) is 105 cm³/mol. The number of hydrogen-bond acceptors (Lipinski definition) is 5. The maximum atomic E-state index is 12.7. The number of hydrogen-bond donors (Lipinski definition) is 1. The second-order valence-electron chi connectivity index (χ2n) is 6.90. The number of nitrogens with one attached hydrogen (secondary N) is 1. The maximum absolute atomic E-state index is 12.7. The van der Waals surface area contributed by atoms with E-state index in [1.165, 1.54) is 18.2 Å². The van der Waals surface area contributed by atoms with Crippen molar-refractivity contribution in [1.29, 1.82) is 0 Å². The van der Waals surface area contributed by atoms with E-state index in [4.69, 9.17) is 4.74 Å². The van der Waals surface area contributed by atoms with Crippen LogP contribution in [0.25, 0.3) is 0 Å². The molecule has 7 heteroatoms. The fourth-order valence-electron chi connectivity index (χ4n) is 2.96. The van der Waals surface area contributed by atoms with Gasteiger partial charge in [0.25, 0.3) is 17.7 Å². The molecule has 3 amide bonds. The van der Waals surface area contributed by atoms with Crippen LogP contribution in [0.5, 0.6) is 0 Å². The largest absolute Gasteiger partial charge is 0.452 e. The topological polar surface area (TPSA) is 92.8 Å². The quantitative estimate of drug-likeness (QED) is 0.575. The highest BCUT2D eigenvalue weighted by atomic mass is 16.5. The van der Waals surface area contributed by atoms with Crippen LogP contribution < -0.4 is 5.32 Å². The summed E-state index contributed by atoms with van der Waals surface area (Å²) in [7, 11) is 0. The standard InChI is InChI=1S/C22H22N2O5/c1-3-14(2)23-19(25)13-29-22(28)16-9-10-17-18(11-16)21(27)24(20(17)26)12-15-7-5-4-6-8-15/h4-11,14H,3,12-13H2,1-2H3,(H,23,25)/t14-/m1/s1. The summed E-state index contributed by atoms with van der Waals surface area (Å²) in [6, 6.07) is 13.4. The van der Waals surface area contributed by atoms with Crippen LogP contribution in [0.3, 0.4) is 0 Å². The second kappa shape index (κ2) is 8.68. The molecule has 0 spiro atoms. The Hall–Kier alpha value is -3.48. The van der Waals surface area contributed by atoms with E-state index in [2.05, 4.69) is 5.32 Å². The molecule has 7 nitrogen and oxygen atoms in total. The average Bonchev–Trinajstić information content (AvgIpc) is 2.97. The molecule has 0 unspecified atom stereocenters. The number of benzene rings is 2. The highest BCUT2D eigenvalue weighted by molar-refractivity contribution is 6.21. The Morgan fingerprint density at radius 1 is 1.03 bits per heavy atom. The van der Waals surface area contributed by atoms with Gasteiger partial charge in [0.15, 0.2) is 6.61 Å². The summed E-state index contributed by atoms with van der Waals surface area (Å²) in [5.74, 6) is -1.98. The minimum Gasteiger partial charge on any atom is -0.452 e. The van der Waals surface area contributed by atoms with Crippen molar-refractivity contribution in [2.75, 3.05) is 6.61 Å². The SMILES string of the molecule is CC[C@@H](C)NC(=O)COC(=O)c1ccc2c(c1)C(=O)N(Cc1ccccc1)C2=O. The zero-order valence-electron chi connectivity index (χ0n) is 16.3. The van der Waals surface area contributed by atoms with E-state index >= 15 is 0 Å².